The fourth-order valence-electron chi connectivity index (χ4n) is 4.80. The normalized spacial score (nSPS) is 31.2. The third-order valence-electron chi connectivity index (χ3n) is 6.28. The SMILES string of the molecule is CCC(C)C1(C(=O)O)NC(c2ccccc2O)C2C(=O)N(C(C)(C)C)C(=O)C21. The summed E-state index contributed by atoms with van der Waals surface area (Å²) in [6.45, 7) is 8.93. The van der Waals surface area contributed by atoms with Gasteiger partial charge in [-0.25, -0.2) is 0 Å². The number of nitrogens with one attached hydrogen (secondary N) is 1. The monoisotopic (exact) mass is 388 g/mol. The first-order chi connectivity index (χ1) is 13.0. The number of amides is 2. The van der Waals surface area contributed by atoms with Crippen molar-refractivity contribution in [1.29, 1.82) is 0 Å². The molecule has 3 N–H and O–H groups in total. The summed E-state index contributed by atoms with van der Waals surface area (Å²) in [7, 11) is 0. The van der Waals surface area contributed by atoms with Crippen LogP contribution >= 0.6 is 0 Å². The predicted molar refractivity (Wildman–Crippen MR) is 102 cm³/mol. The average molecular weight is 388 g/mol. The molecular weight excluding hydrogens is 360 g/mol. The van der Waals surface area contributed by atoms with Crippen molar-refractivity contribution in [2.45, 2.75) is 58.2 Å². The van der Waals surface area contributed by atoms with E-state index in [2.05, 4.69) is 5.32 Å². The van der Waals surface area contributed by atoms with E-state index in [1.807, 2.05) is 6.92 Å². The Morgan fingerprint density at radius 2 is 1.86 bits per heavy atom. The number of nitrogens with zero attached hydrogens (tertiary/aromatic N) is 1. The maximum absolute atomic E-state index is 13.4. The highest BCUT2D eigenvalue weighted by molar-refractivity contribution is 6.10. The van der Waals surface area contributed by atoms with Gasteiger partial charge in [-0.1, -0.05) is 38.5 Å². The van der Waals surface area contributed by atoms with Crippen molar-refractivity contribution in [2.75, 3.05) is 0 Å². The summed E-state index contributed by atoms with van der Waals surface area (Å²) in [4.78, 5) is 40.5. The van der Waals surface area contributed by atoms with E-state index in [1.54, 1.807) is 45.9 Å². The number of hydrogen-bond donors (Lipinski definition) is 3. The molecule has 2 saturated heterocycles. The molecule has 7 heteroatoms. The van der Waals surface area contributed by atoms with Crippen LogP contribution in [-0.2, 0) is 14.4 Å². The molecule has 7 nitrogen and oxygen atoms in total. The lowest BCUT2D eigenvalue weighted by Gasteiger charge is -2.38. The lowest BCUT2D eigenvalue weighted by atomic mass is 9.72. The number of carboxylic acids is 1. The van der Waals surface area contributed by atoms with E-state index in [-0.39, 0.29) is 5.75 Å². The molecule has 0 aliphatic carbocycles. The maximum atomic E-state index is 13.4. The van der Waals surface area contributed by atoms with Gasteiger partial charge < -0.3 is 10.2 Å². The van der Waals surface area contributed by atoms with Gasteiger partial charge in [0.1, 0.15) is 11.3 Å². The van der Waals surface area contributed by atoms with Crippen LogP contribution in [0.5, 0.6) is 5.75 Å². The summed E-state index contributed by atoms with van der Waals surface area (Å²) in [6, 6.07) is 5.78. The number of carboxylic acid groups (broad SMARTS) is 1. The van der Waals surface area contributed by atoms with Crippen molar-refractivity contribution in [1.82, 2.24) is 10.2 Å². The third-order valence-corrected chi connectivity index (χ3v) is 6.28. The van der Waals surface area contributed by atoms with Crippen LogP contribution in [0.25, 0.3) is 0 Å². The third kappa shape index (κ3) is 2.64. The molecule has 152 valence electrons. The molecule has 0 radical (unpaired) electrons. The number of carbonyl (C=O) groups is 3. The highest BCUT2D eigenvalue weighted by Crippen LogP contribution is 2.54. The van der Waals surface area contributed by atoms with Crippen LogP contribution in [0.2, 0.25) is 0 Å². The van der Waals surface area contributed by atoms with Gasteiger partial charge in [0.15, 0.2) is 0 Å². The molecule has 2 fully saturated rings. The van der Waals surface area contributed by atoms with Crippen LogP contribution < -0.4 is 5.32 Å². The molecule has 2 aliphatic rings. The van der Waals surface area contributed by atoms with Gasteiger partial charge in [0.05, 0.1) is 11.8 Å². The molecule has 28 heavy (non-hydrogen) atoms. The van der Waals surface area contributed by atoms with Gasteiger partial charge in [-0.3, -0.25) is 24.6 Å². The first kappa shape index (κ1) is 20.3. The molecule has 1 aromatic rings. The van der Waals surface area contributed by atoms with Gasteiger partial charge >= 0.3 is 5.97 Å². The first-order valence-corrected chi connectivity index (χ1v) is 9.65. The molecule has 2 aliphatic heterocycles. The lowest BCUT2D eigenvalue weighted by Crippen LogP contribution is -2.60. The molecule has 0 aromatic heterocycles. The van der Waals surface area contributed by atoms with Gasteiger partial charge in [0.2, 0.25) is 11.8 Å². The highest BCUT2D eigenvalue weighted by atomic mass is 16.4. The average Bonchev–Trinajstić information content (AvgIpc) is 3.09. The lowest BCUT2D eigenvalue weighted by molar-refractivity contribution is -0.156. The van der Waals surface area contributed by atoms with Gasteiger partial charge in [-0.15, -0.1) is 0 Å². The minimum atomic E-state index is -1.58. The zero-order valence-corrected chi connectivity index (χ0v) is 16.9. The Morgan fingerprint density at radius 1 is 1.25 bits per heavy atom. The number of phenolic OH excluding ortho intramolecular Hbond substituents is 1. The van der Waals surface area contributed by atoms with Crippen molar-refractivity contribution in [2.24, 2.45) is 17.8 Å². The van der Waals surface area contributed by atoms with Crippen LogP contribution in [0.4, 0.5) is 0 Å². The quantitative estimate of drug-likeness (QED) is 0.684. The van der Waals surface area contributed by atoms with E-state index in [0.717, 1.165) is 0 Å². The number of fused-ring (bicyclic) bond motifs is 1. The maximum Gasteiger partial charge on any atom is 0.325 e. The summed E-state index contributed by atoms with van der Waals surface area (Å²) in [5.74, 6) is -4.35. The van der Waals surface area contributed by atoms with Crippen molar-refractivity contribution in [3.8, 4) is 5.75 Å². The van der Waals surface area contributed by atoms with Gasteiger partial charge in [-0.2, -0.15) is 0 Å². The number of benzene rings is 1. The Labute approximate surface area is 164 Å². The smallest absolute Gasteiger partial charge is 0.325 e. The highest BCUT2D eigenvalue weighted by Gasteiger charge is 2.70. The van der Waals surface area contributed by atoms with Crippen molar-refractivity contribution >= 4 is 17.8 Å². The summed E-state index contributed by atoms with van der Waals surface area (Å²) in [5.41, 5.74) is -1.92. The molecule has 3 rings (SSSR count). The summed E-state index contributed by atoms with van der Waals surface area (Å²) in [5, 5.41) is 23.7. The standard InChI is InChI=1S/C21H28N2O5/c1-6-11(2)21(19(27)28)15-14(17(25)23(18(15)26)20(3,4)5)16(22-21)12-9-7-8-10-13(12)24/h7-11,14-16,22,24H,6H2,1-5H3,(H,27,28). The molecular formula is C21H28N2O5. The zero-order chi connectivity index (χ0) is 21.0. The number of aliphatic carboxylic acids is 1. The second-order valence-corrected chi connectivity index (χ2v) is 8.85. The van der Waals surface area contributed by atoms with Crippen LogP contribution in [0.15, 0.2) is 24.3 Å². The van der Waals surface area contributed by atoms with E-state index in [1.165, 1.54) is 11.0 Å². The molecule has 2 heterocycles. The van der Waals surface area contributed by atoms with Crippen LogP contribution in [-0.4, -0.2) is 44.0 Å². The fraction of sp³-hybridized carbons (Fsp3) is 0.571. The van der Waals surface area contributed by atoms with Crippen LogP contribution in [0.3, 0.4) is 0 Å². The minimum Gasteiger partial charge on any atom is -0.508 e. The summed E-state index contributed by atoms with van der Waals surface area (Å²) in [6.07, 6.45) is 0.521. The minimum absolute atomic E-state index is 0.0291. The Balaban J connectivity index is 2.24. The van der Waals surface area contributed by atoms with E-state index >= 15 is 0 Å². The molecule has 0 spiro atoms. The van der Waals surface area contributed by atoms with Gasteiger partial charge in [0, 0.05) is 17.1 Å². The second-order valence-electron chi connectivity index (χ2n) is 8.85. The number of likely N-dealkylation sites (tertiary alicyclic amines) is 1. The molecule has 0 bridgehead atoms. The van der Waals surface area contributed by atoms with E-state index in [0.29, 0.717) is 12.0 Å². The number of aromatic hydroxyl groups is 1. The zero-order valence-electron chi connectivity index (χ0n) is 16.9. The Hall–Kier alpha value is -2.41. The van der Waals surface area contributed by atoms with E-state index < -0.39 is 52.7 Å². The molecule has 1 aromatic carbocycles. The van der Waals surface area contributed by atoms with Crippen LogP contribution in [0.1, 0.15) is 52.6 Å². The number of rotatable bonds is 4. The number of para-hydroxylation sites is 1. The predicted octanol–water partition coefficient (Wildman–Crippen LogP) is 2.31. The largest absolute Gasteiger partial charge is 0.508 e. The molecule has 0 saturated carbocycles. The van der Waals surface area contributed by atoms with E-state index in [9.17, 15) is 24.6 Å². The Bertz CT molecular complexity index is 830. The summed E-state index contributed by atoms with van der Waals surface area (Å²) < 4.78 is 0. The fourth-order valence-corrected chi connectivity index (χ4v) is 4.80. The van der Waals surface area contributed by atoms with E-state index in [4.69, 9.17) is 0 Å². The number of phenols is 1. The number of imide groups is 1. The van der Waals surface area contributed by atoms with Crippen molar-refractivity contribution in [3.63, 3.8) is 0 Å². The number of hydrogen-bond acceptors (Lipinski definition) is 5. The van der Waals surface area contributed by atoms with Crippen molar-refractivity contribution < 1.29 is 24.6 Å². The van der Waals surface area contributed by atoms with Crippen LogP contribution in [0, 0.1) is 17.8 Å². The van der Waals surface area contributed by atoms with Gasteiger partial charge in [0.25, 0.3) is 0 Å². The Kier molecular flexibility index (Phi) is 4.78. The van der Waals surface area contributed by atoms with Crippen molar-refractivity contribution in [3.05, 3.63) is 29.8 Å². The van der Waals surface area contributed by atoms with Gasteiger partial charge in [-0.05, 0) is 32.8 Å². The Morgan fingerprint density at radius 3 is 2.36 bits per heavy atom. The molecule has 2 amide bonds. The first-order valence-electron chi connectivity index (χ1n) is 9.65. The topological polar surface area (TPSA) is 107 Å². The molecule has 5 atom stereocenters. The second kappa shape index (κ2) is 6.58. The number of carbonyl (C=O) groups excluding carboxylic acids is 2. The molecule has 5 unspecified atom stereocenters. The summed E-state index contributed by atoms with van der Waals surface area (Å²) >= 11 is 0.